The number of aromatic nitrogens is 1. The molecule has 0 radical (unpaired) electrons. The van der Waals surface area contributed by atoms with E-state index in [0.717, 1.165) is 5.69 Å². The van der Waals surface area contributed by atoms with Crippen LogP contribution in [0.5, 0.6) is 0 Å². The Morgan fingerprint density at radius 1 is 0.346 bits per heavy atom. The van der Waals surface area contributed by atoms with E-state index < -0.39 is 0 Å². The van der Waals surface area contributed by atoms with Gasteiger partial charge in [0.15, 0.2) is 0 Å². The summed E-state index contributed by atoms with van der Waals surface area (Å²) >= 11 is 0. The molecular formula is C51H37N. The van der Waals surface area contributed by atoms with Gasteiger partial charge in [0.05, 0.1) is 11.0 Å². The maximum Gasteiger partial charge on any atom is 0.0619 e. The highest BCUT2D eigenvalue weighted by Crippen LogP contribution is 2.50. The fraction of sp³-hybridized carbons (Fsp3) is 0.0588. The van der Waals surface area contributed by atoms with Crippen molar-refractivity contribution in [3.63, 3.8) is 0 Å². The number of hydrogen-bond donors (Lipinski definition) is 0. The Hall–Kier alpha value is -6.44. The third kappa shape index (κ3) is 4.77. The Balaban J connectivity index is 1.18. The van der Waals surface area contributed by atoms with Crippen molar-refractivity contribution >= 4 is 21.8 Å². The van der Waals surface area contributed by atoms with E-state index >= 15 is 0 Å². The number of nitrogens with zero attached hydrogens (tertiary/aromatic N) is 1. The lowest BCUT2D eigenvalue weighted by atomic mass is 9.81. The number of benzene rings is 8. The van der Waals surface area contributed by atoms with Crippen LogP contribution in [0.2, 0.25) is 0 Å². The zero-order chi connectivity index (χ0) is 34.8. The van der Waals surface area contributed by atoms with E-state index in [2.05, 4.69) is 206 Å². The molecule has 0 unspecified atom stereocenters. The van der Waals surface area contributed by atoms with Gasteiger partial charge in [-0.25, -0.2) is 0 Å². The van der Waals surface area contributed by atoms with E-state index in [1.54, 1.807) is 0 Å². The first kappa shape index (κ1) is 30.4. The van der Waals surface area contributed by atoms with E-state index in [4.69, 9.17) is 0 Å². The Labute approximate surface area is 305 Å². The Morgan fingerprint density at radius 3 is 1.65 bits per heavy atom. The van der Waals surface area contributed by atoms with Crippen molar-refractivity contribution in [3.05, 3.63) is 199 Å². The fourth-order valence-electron chi connectivity index (χ4n) is 8.60. The van der Waals surface area contributed by atoms with Crippen LogP contribution in [-0.4, -0.2) is 4.57 Å². The van der Waals surface area contributed by atoms with Crippen molar-refractivity contribution in [2.75, 3.05) is 0 Å². The molecule has 1 heterocycles. The van der Waals surface area contributed by atoms with Gasteiger partial charge >= 0.3 is 0 Å². The van der Waals surface area contributed by atoms with Gasteiger partial charge in [0.25, 0.3) is 0 Å². The highest BCUT2D eigenvalue weighted by Gasteiger charge is 2.35. The van der Waals surface area contributed by atoms with Crippen LogP contribution in [0.1, 0.15) is 25.0 Å². The third-order valence-electron chi connectivity index (χ3n) is 11.2. The van der Waals surface area contributed by atoms with Gasteiger partial charge in [-0.2, -0.15) is 0 Å². The molecule has 52 heavy (non-hydrogen) atoms. The first-order chi connectivity index (χ1) is 25.5. The molecule has 0 amide bonds. The van der Waals surface area contributed by atoms with E-state index in [-0.39, 0.29) is 5.41 Å². The van der Waals surface area contributed by atoms with Crippen LogP contribution in [0, 0.1) is 0 Å². The molecule has 0 spiro atoms. The molecule has 0 N–H and O–H groups in total. The Morgan fingerprint density at radius 2 is 0.885 bits per heavy atom. The summed E-state index contributed by atoms with van der Waals surface area (Å²) in [5.41, 5.74) is 18.7. The van der Waals surface area contributed by atoms with Crippen molar-refractivity contribution < 1.29 is 0 Å². The summed E-state index contributed by atoms with van der Waals surface area (Å²) in [7, 11) is 0. The average molecular weight is 664 g/mol. The van der Waals surface area contributed by atoms with Gasteiger partial charge in [-0.3, -0.25) is 0 Å². The van der Waals surface area contributed by atoms with Crippen molar-refractivity contribution in [3.8, 4) is 61.3 Å². The average Bonchev–Trinajstić information content (AvgIpc) is 3.67. The van der Waals surface area contributed by atoms with Crippen LogP contribution < -0.4 is 0 Å². The second-order valence-electron chi connectivity index (χ2n) is 14.6. The van der Waals surface area contributed by atoms with Crippen LogP contribution in [0.3, 0.4) is 0 Å². The van der Waals surface area contributed by atoms with Crippen LogP contribution in [0.15, 0.2) is 188 Å². The highest BCUT2D eigenvalue weighted by atomic mass is 15.0. The number of fused-ring (bicyclic) bond motifs is 6. The Kier molecular flexibility index (Phi) is 6.91. The molecule has 0 fully saturated rings. The standard InChI is InChI=1S/C51H37N/c1-51(2)47-25-11-9-21-43(47)44-28-27-37(33-48(44)51)36-19-13-20-38(29-36)42-23-14-24-46-45-22-10-12-26-49(45)52(50(42)46)41-31-39(34-15-5-3-6-16-34)30-40(32-41)35-17-7-4-8-18-35/h3-33H,1-2H3. The highest BCUT2D eigenvalue weighted by molar-refractivity contribution is 6.14. The maximum atomic E-state index is 2.49. The molecule has 9 aromatic rings. The normalized spacial score (nSPS) is 13.0. The Bertz CT molecular complexity index is 2740. The van der Waals surface area contributed by atoms with Gasteiger partial charge in [0.1, 0.15) is 0 Å². The summed E-state index contributed by atoms with van der Waals surface area (Å²) < 4.78 is 2.49. The largest absolute Gasteiger partial charge is 0.309 e. The molecular weight excluding hydrogens is 627 g/mol. The molecule has 8 aromatic carbocycles. The minimum absolute atomic E-state index is 0.0427. The van der Waals surface area contributed by atoms with Gasteiger partial charge in [0.2, 0.25) is 0 Å². The minimum Gasteiger partial charge on any atom is -0.309 e. The van der Waals surface area contributed by atoms with Gasteiger partial charge in [-0.1, -0.05) is 166 Å². The van der Waals surface area contributed by atoms with Crippen LogP contribution in [0.4, 0.5) is 0 Å². The van der Waals surface area contributed by atoms with Crippen molar-refractivity contribution in [1.29, 1.82) is 0 Å². The van der Waals surface area contributed by atoms with Crippen LogP contribution in [-0.2, 0) is 5.41 Å². The molecule has 1 heteroatoms. The lowest BCUT2D eigenvalue weighted by Gasteiger charge is -2.22. The molecule has 0 aliphatic heterocycles. The monoisotopic (exact) mass is 663 g/mol. The summed E-state index contributed by atoms with van der Waals surface area (Å²) in [4.78, 5) is 0. The predicted molar refractivity (Wildman–Crippen MR) is 220 cm³/mol. The summed E-state index contributed by atoms with van der Waals surface area (Å²) in [5, 5.41) is 2.50. The molecule has 1 aliphatic rings. The topological polar surface area (TPSA) is 4.93 Å². The molecule has 10 rings (SSSR count). The van der Waals surface area contributed by atoms with Gasteiger partial charge in [-0.05, 0) is 97.6 Å². The maximum absolute atomic E-state index is 2.49. The van der Waals surface area contributed by atoms with Gasteiger partial charge in [-0.15, -0.1) is 0 Å². The number of rotatable bonds is 5. The molecule has 0 saturated heterocycles. The number of para-hydroxylation sites is 2. The quantitative estimate of drug-likeness (QED) is 0.173. The third-order valence-corrected chi connectivity index (χ3v) is 11.2. The molecule has 1 nitrogen and oxygen atoms in total. The summed E-state index contributed by atoms with van der Waals surface area (Å²) in [6.07, 6.45) is 0. The van der Waals surface area contributed by atoms with Gasteiger partial charge in [0, 0.05) is 27.4 Å². The van der Waals surface area contributed by atoms with Crippen LogP contribution >= 0.6 is 0 Å². The van der Waals surface area contributed by atoms with E-state index in [9.17, 15) is 0 Å². The minimum atomic E-state index is -0.0427. The second kappa shape index (κ2) is 11.8. The zero-order valence-electron chi connectivity index (χ0n) is 29.3. The summed E-state index contributed by atoms with van der Waals surface area (Å²) in [5.74, 6) is 0. The van der Waals surface area contributed by atoms with Crippen molar-refractivity contribution in [2.24, 2.45) is 0 Å². The van der Waals surface area contributed by atoms with E-state index in [0.29, 0.717) is 0 Å². The first-order valence-corrected chi connectivity index (χ1v) is 18.2. The first-order valence-electron chi connectivity index (χ1n) is 18.2. The van der Waals surface area contributed by atoms with Crippen molar-refractivity contribution in [2.45, 2.75) is 19.3 Å². The lowest BCUT2D eigenvalue weighted by molar-refractivity contribution is 0.660. The van der Waals surface area contributed by atoms with E-state index in [1.807, 2.05) is 0 Å². The molecule has 0 atom stereocenters. The predicted octanol–water partition coefficient (Wildman–Crippen LogP) is 13.8. The molecule has 1 aromatic heterocycles. The second-order valence-corrected chi connectivity index (χ2v) is 14.6. The molecule has 0 bridgehead atoms. The van der Waals surface area contributed by atoms with Crippen LogP contribution in [0.25, 0.3) is 83.1 Å². The molecule has 1 aliphatic carbocycles. The fourth-order valence-corrected chi connectivity index (χ4v) is 8.60. The SMILES string of the molecule is CC1(C)c2ccccc2-c2ccc(-c3cccc(-c4cccc5c6ccccc6n(-c6cc(-c7ccccc7)cc(-c7ccccc7)c6)c45)c3)cc21. The summed E-state index contributed by atoms with van der Waals surface area (Å²) in [6.45, 7) is 4.71. The van der Waals surface area contributed by atoms with Crippen molar-refractivity contribution in [1.82, 2.24) is 4.57 Å². The molecule has 246 valence electrons. The molecule has 0 saturated carbocycles. The number of hydrogen-bond acceptors (Lipinski definition) is 0. The van der Waals surface area contributed by atoms with Gasteiger partial charge < -0.3 is 4.57 Å². The summed E-state index contributed by atoms with van der Waals surface area (Å²) in [6, 6.07) is 69.2. The zero-order valence-corrected chi connectivity index (χ0v) is 29.3. The van der Waals surface area contributed by atoms with E-state index in [1.165, 1.54) is 88.6 Å². The smallest absolute Gasteiger partial charge is 0.0619 e. The lowest BCUT2D eigenvalue weighted by Crippen LogP contribution is -2.14.